The van der Waals surface area contributed by atoms with E-state index in [4.69, 9.17) is 14.2 Å². The molecule has 2 aromatic carbocycles. The summed E-state index contributed by atoms with van der Waals surface area (Å²) in [5.41, 5.74) is 2.08. The molecule has 3 rings (SSSR count). The lowest BCUT2D eigenvalue weighted by molar-refractivity contribution is 0.102. The molecule has 1 aromatic heterocycles. The van der Waals surface area contributed by atoms with E-state index in [1.807, 2.05) is 35.7 Å². The van der Waals surface area contributed by atoms with E-state index in [1.54, 1.807) is 19.2 Å². The number of hydrogen-bond acceptors (Lipinski definition) is 7. The van der Waals surface area contributed by atoms with Gasteiger partial charge in [-0.15, -0.1) is 11.3 Å². The number of hydrogen-bond donors (Lipinski definition) is 1. The van der Waals surface area contributed by atoms with E-state index in [1.165, 1.54) is 11.3 Å². The summed E-state index contributed by atoms with van der Waals surface area (Å²) in [6.45, 7) is 10.5. The van der Waals surface area contributed by atoms with Gasteiger partial charge in [-0.2, -0.15) is 0 Å². The van der Waals surface area contributed by atoms with E-state index < -0.39 is 0 Å². The van der Waals surface area contributed by atoms with Crippen molar-refractivity contribution < 1.29 is 19.0 Å². The average Bonchev–Trinajstić information content (AvgIpc) is 3.33. The Balaban J connectivity index is 1.62. The maximum atomic E-state index is 12.7. The lowest BCUT2D eigenvalue weighted by atomic mass is 10.1. The minimum Gasteiger partial charge on any atom is -0.496 e. The number of benzene rings is 2. The van der Waals surface area contributed by atoms with Gasteiger partial charge in [-0.25, -0.2) is 4.98 Å². The molecule has 0 unspecified atom stereocenters. The number of carbonyl (C=O) groups excluding carboxylic acids is 1. The third-order valence-electron chi connectivity index (χ3n) is 5.33. The zero-order valence-electron chi connectivity index (χ0n) is 20.3. The number of aromatic nitrogens is 1. The molecule has 182 valence electrons. The third-order valence-corrected chi connectivity index (χ3v) is 6.09. The number of ether oxygens (including phenoxy) is 3. The molecule has 8 heteroatoms. The number of nitrogens with one attached hydrogen (secondary N) is 1. The maximum absolute atomic E-state index is 12.7. The first kappa shape index (κ1) is 25.5. The molecule has 0 aliphatic rings. The second kappa shape index (κ2) is 13.0. The van der Waals surface area contributed by atoms with Crippen molar-refractivity contribution in [3.63, 3.8) is 0 Å². The molecule has 0 saturated heterocycles. The van der Waals surface area contributed by atoms with Crippen molar-refractivity contribution in [2.45, 2.75) is 27.2 Å². The summed E-state index contributed by atoms with van der Waals surface area (Å²) in [7, 11) is 1.62. The van der Waals surface area contributed by atoms with Gasteiger partial charge in [0.05, 0.1) is 19.4 Å². The summed E-state index contributed by atoms with van der Waals surface area (Å²) in [5, 5.41) is 5.28. The average molecular weight is 484 g/mol. The normalized spacial score (nSPS) is 10.9. The van der Waals surface area contributed by atoms with Gasteiger partial charge in [-0.1, -0.05) is 20.8 Å². The number of anilines is 1. The molecule has 1 heterocycles. The minimum absolute atomic E-state index is 0.220. The molecule has 0 fully saturated rings. The van der Waals surface area contributed by atoms with Gasteiger partial charge in [0.2, 0.25) is 0 Å². The number of methoxy groups -OCH3 is 1. The van der Waals surface area contributed by atoms with Gasteiger partial charge < -0.3 is 19.1 Å². The van der Waals surface area contributed by atoms with Gasteiger partial charge in [0, 0.05) is 23.1 Å². The fourth-order valence-corrected chi connectivity index (χ4v) is 4.06. The molecule has 0 spiro atoms. The summed E-state index contributed by atoms with van der Waals surface area (Å²) in [5.74, 6) is 1.99. The monoisotopic (exact) mass is 483 g/mol. The molecule has 0 radical (unpaired) electrons. The molecular weight excluding hydrogens is 450 g/mol. The van der Waals surface area contributed by atoms with E-state index in [9.17, 15) is 4.79 Å². The Morgan fingerprint density at radius 1 is 1.00 bits per heavy atom. The summed E-state index contributed by atoms with van der Waals surface area (Å²) in [4.78, 5) is 19.6. The van der Waals surface area contributed by atoms with Crippen LogP contribution in [0.4, 0.5) is 5.13 Å². The van der Waals surface area contributed by atoms with E-state index in [0.717, 1.165) is 48.8 Å². The zero-order chi connectivity index (χ0) is 24.3. The molecule has 1 N–H and O–H groups in total. The third kappa shape index (κ3) is 6.95. The van der Waals surface area contributed by atoms with Crippen LogP contribution in [0.1, 0.15) is 37.6 Å². The first-order valence-electron chi connectivity index (χ1n) is 11.6. The van der Waals surface area contributed by atoms with Crippen LogP contribution in [0.25, 0.3) is 11.3 Å². The summed E-state index contributed by atoms with van der Waals surface area (Å²) >= 11 is 1.36. The standard InChI is InChI=1S/C26H33N3O4S/c1-5-15-32-21-12-13-24(31-4)22(17-21)23-18-34-26(27-23)28-25(30)19-8-10-20(11-9-19)33-16-14-29(6-2)7-3/h8-13,17-18H,5-7,14-16H2,1-4H3,(H,27,28,30). The van der Waals surface area contributed by atoms with Crippen LogP contribution in [0.3, 0.4) is 0 Å². The number of rotatable bonds is 13. The molecule has 34 heavy (non-hydrogen) atoms. The van der Waals surface area contributed by atoms with Crippen LogP contribution in [-0.2, 0) is 0 Å². The highest BCUT2D eigenvalue weighted by molar-refractivity contribution is 7.14. The van der Waals surface area contributed by atoms with Crippen molar-refractivity contribution in [1.29, 1.82) is 0 Å². The first-order chi connectivity index (χ1) is 16.6. The van der Waals surface area contributed by atoms with E-state index in [0.29, 0.717) is 29.7 Å². The lowest BCUT2D eigenvalue weighted by Crippen LogP contribution is -2.27. The molecule has 0 bridgehead atoms. The number of carbonyl (C=O) groups is 1. The first-order valence-corrected chi connectivity index (χ1v) is 12.5. The molecule has 7 nitrogen and oxygen atoms in total. The summed E-state index contributed by atoms with van der Waals surface area (Å²) in [6, 6.07) is 12.8. The van der Waals surface area contributed by atoms with E-state index >= 15 is 0 Å². The van der Waals surface area contributed by atoms with Crippen molar-refractivity contribution in [1.82, 2.24) is 9.88 Å². The van der Waals surface area contributed by atoms with Gasteiger partial charge in [0.1, 0.15) is 23.9 Å². The number of thiazole rings is 1. The fraction of sp³-hybridized carbons (Fsp3) is 0.385. The minimum atomic E-state index is -0.220. The van der Waals surface area contributed by atoms with Crippen molar-refractivity contribution in [2.75, 3.05) is 45.3 Å². The van der Waals surface area contributed by atoms with Crippen LogP contribution in [0.15, 0.2) is 47.8 Å². The van der Waals surface area contributed by atoms with Crippen LogP contribution in [0.5, 0.6) is 17.2 Å². The molecule has 0 aliphatic carbocycles. The molecule has 1 amide bonds. The van der Waals surface area contributed by atoms with Crippen LogP contribution in [0, 0.1) is 0 Å². The maximum Gasteiger partial charge on any atom is 0.257 e. The number of likely N-dealkylation sites (N-methyl/N-ethyl adjacent to an activating group) is 1. The van der Waals surface area contributed by atoms with Crippen molar-refractivity contribution in [3.8, 4) is 28.5 Å². The Labute approximate surface area is 205 Å². The quantitative estimate of drug-likeness (QED) is 0.342. The predicted octanol–water partition coefficient (Wildman–Crippen LogP) is 5.58. The largest absolute Gasteiger partial charge is 0.496 e. The number of amides is 1. The Morgan fingerprint density at radius 2 is 1.71 bits per heavy atom. The van der Waals surface area contributed by atoms with Gasteiger partial charge in [0.15, 0.2) is 5.13 Å². The smallest absolute Gasteiger partial charge is 0.257 e. The molecule has 3 aromatic rings. The van der Waals surface area contributed by atoms with Crippen LogP contribution < -0.4 is 19.5 Å². The SMILES string of the molecule is CCCOc1ccc(OC)c(-c2csc(NC(=O)c3ccc(OCCN(CC)CC)cc3)n2)c1. The van der Waals surface area contributed by atoms with E-state index in [-0.39, 0.29) is 5.91 Å². The molecule has 0 aliphatic heterocycles. The zero-order valence-corrected chi connectivity index (χ0v) is 21.1. The Bertz CT molecular complexity index is 1050. The highest BCUT2D eigenvalue weighted by atomic mass is 32.1. The summed E-state index contributed by atoms with van der Waals surface area (Å²) < 4.78 is 17.0. The van der Waals surface area contributed by atoms with Gasteiger partial charge in [-0.05, 0) is 62.0 Å². The van der Waals surface area contributed by atoms with E-state index in [2.05, 4.69) is 36.0 Å². The molecule has 0 atom stereocenters. The topological polar surface area (TPSA) is 72.9 Å². The number of nitrogens with zero attached hydrogens (tertiary/aromatic N) is 2. The second-order valence-electron chi connectivity index (χ2n) is 7.60. The Morgan fingerprint density at radius 3 is 2.38 bits per heavy atom. The summed E-state index contributed by atoms with van der Waals surface area (Å²) in [6.07, 6.45) is 0.928. The van der Waals surface area contributed by atoms with Crippen LogP contribution >= 0.6 is 11.3 Å². The Hall–Kier alpha value is -3.10. The van der Waals surface area contributed by atoms with Crippen LogP contribution in [0.2, 0.25) is 0 Å². The van der Waals surface area contributed by atoms with Crippen LogP contribution in [-0.4, -0.2) is 55.7 Å². The van der Waals surface area contributed by atoms with Gasteiger partial charge in [-0.3, -0.25) is 10.1 Å². The second-order valence-corrected chi connectivity index (χ2v) is 8.46. The molecule has 0 saturated carbocycles. The highest BCUT2D eigenvalue weighted by Gasteiger charge is 2.14. The van der Waals surface area contributed by atoms with Gasteiger partial charge >= 0.3 is 0 Å². The lowest BCUT2D eigenvalue weighted by Gasteiger charge is -2.18. The fourth-order valence-electron chi connectivity index (χ4n) is 3.36. The van der Waals surface area contributed by atoms with Gasteiger partial charge in [0.25, 0.3) is 5.91 Å². The molecular formula is C26H33N3O4S. The van der Waals surface area contributed by atoms with Crippen molar-refractivity contribution >= 4 is 22.4 Å². The highest BCUT2D eigenvalue weighted by Crippen LogP contribution is 2.35. The predicted molar refractivity (Wildman–Crippen MR) is 138 cm³/mol. The Kier molecular flexibility index (Phi) is 9.73. The van der Waals surface area contributed by atoms with Crippen molar-refractivity contribution in [3.05, 3.63) is 53.4 Å². The van der Waals surface area contributed by atoms with Crippen molar-refractivity contribution in [2.24, 2.45) is 0 Å².